The molecule has 0 bridgehead atoms. The van der Waals surface area contributed by atoms with Crippen LogP contribution in [0.2, 0.25) is 0 Å². The molecule has 2 nitrogen and oxygen atoms in total. The molecule has 1 atom stereocenters. The summed E-state index contributed by atoms with van der Waals surface area (Å²) in [6.45, 7) is 1.90. The fourth-order valence-corrected chi connectivity index (χ4v) is 2.06. The molecule has 1 aromatic heterocycles. The van der Waals surface area contributed by atoms with Crippen molar-refractivity contribution >= 4 is 15.9 Å². The van der Waals surface area contributed by atoms with Crippen LogP contribution in [-0.4, -0.2) is 10.1 Å². The second-order valence-electron chi connectivity index (χ2n) is 3.79. The van der Waals surface area contributed by atoms with Crippen molar-refractivity contribution in [1.29, 1.82) is 0 Å². The quantitative estimate of drug-likeness (QED) is 0.921. The van der Waals surface area contributed by atoms with Crippen LogP contribution in [0.25, 0.3) is 0 Å². The van der Waals surface area contributed by atoms with Gasteiger partial charge in [-0.1, -0.05) is 28.1 Å². The fourth-order valence-electron chi connectivity index (χ4n) is 1.68. The first kappa shape index (κ1) is 12.2. The summed E-state index contributed by atoms with van der Waals surface area (Å²) in [7, 11) is 0. The number of hydrogen-bond acceptors (Lipinski definition) is 2. The molecule has 2 rings (SSSR count). The molecule has 0 aliphatic carbocycles. The Bertz CT molecular complexity index is 545. The third-order valence-electron chi connectivity index (χ3n) is 2.65. The largest absolute Gasteiger partial charge is 0.384 e. The minimum Gasteiger partial charge on any atom is -0.384 e. The van der Waals surface area contributed by atoms with Gasteiger partial charge in [-0.15, -0.1) is 0 Å². The van der Waals surface area contributed by atoms with Crippen molar-refractivity contribution in [2.24, 2.45) is 0 Å². The summed E-state index contributed by atoms with van der Waals surface area (Å²) in [5.41, 5.74) is 2.13. The molecular formula is C13H11BrFNO. The second kappa shape index (κ2) is 4.94. The van der Waals surface area contributed by atoms with Gasteiger partial charge in [0.05, 0.1) is 6.20 Å². The summed E-state index contributed by atoms with van der Waals surface area (Å²) >= 11 is 3.40. The van der Waals surface area contributed by atoms with E-state index in [1.54, 1.807) is 0 Å². The molecule has 0 aliphatic heterocycles. The predicted molar refractivity (Wildman–Crippen MR) is 67.1 cm³/mol. The second-order valence-corrected chi connectivity index (χ2v) is 4.65. The van der Waals surface area contributed by atoms with Crippen molar-refractivity contribution < 1.29 is 9.50 Å². The van der Waals surface area contributed by atoms with E-state index >= 15 is 0 Å². The van der Waals surface area contributed by atoms with Crippen LogP contribution in [-0.2, 0) is 0 Å². The smallest absolute Gasteiger partial charge is 0.141 e. The van der Waals surface area contributed by atoms with Gasteiger partial charge >= 0.3 is 0 Å². The summed E-state index contributed by atoms with van der Waals surface area (Å²) in [6.07, 6.45) is 1.72. The molecule has 0 aliphatic rings. The fraction of sp³-hybridized carbons (Fsp3) is 0.154. The summed E-state index contributed by atoms with van der Waals surface area (Å²) in [5, 5.41) is 10.2. The predicted octanol–water partition coefficient (Wildman–Crippen LogP) is 3.37. The van der Waals surface area contributed by atoms with Crippen molar-refractivity contribution in [3.63, 3.8) is 0 Å². The molecule has 0 saturated carbocycles. The number of aliphatic hydroxyl groups excluding tert-OH is 1. The highest BCUT2D eigenvalue weighted by atomic mass is 79.9. The molecule has 88 valence electrons. The summed E-state index contributed by atoms with van der Waals surface area (Å²) in [6, 6.07) is 6.84. The van der Waals surface area contributed by atoms with Crippen molar-refractivity contribution in [2.75, 3.05) is 0 Å². The third kappa shape index (κ3) is 2.53. The van der Waals surface area contributed by atoms with E-state index < -0.39 is 11.9 Å². The third-order valence-corrected chi connectivity index (χ3v) is 3.51. The first-order valence-electron chi connectivity index (χ1n) is 5.13. The van der Waals surface area contributed by atoms with Crippen molar-refractivity contribution in [3.05, 3.63) is 63.6 Å². The molecule has 1 aromatic carbocycles. The van der Waals surface area contributed by atoms with Crippen LogP contribution in [0.3, 0.4) is 0 Å². The number of rotatable bonds is 2. The Morgan fingerprint density at radius 3 is 2.82 bits per heavy atom. The lowest BCUT2D eigenvalue weighted by Gasteiger charge is -2.14. The number of benzene rings is 1. The molecule has 0 radical (unpaired) electrons. The van der Waals surface area contributed by atoms with Gasteiger partial charge in [0.2, 0.25) is 0 Å². The minimum atomic E-state index is -0.865. The van der Waals surface area contributed by atoms with E-state index in [4.69, 9.17) is 0 Å². The summed E-state index contributed by atoms with van der Waals surface area (Å²) in [4.78, 5) is 3.74. The van der Waals surface area contributed by atoms with E-state index in [9.17, 15) is 9.50 Å². The number of aromatic nitrogens is 1. The zero-order chi connectivity index (χ0) is 12.4. The van der Waals surface area contributed by atoms with Crippen molar-refractivity contribution in [2.45, 2.75) is 13.0 Å². The van der Waals surface area contributed by atoms with E-state index in [-0.39, 0.29) is 0 Å². The highest BCUT2D eigenvalue weighted by Gasteiger charge is 2.14. The van der Waals surface area contributed by atoms with Crippen LogP contribution >= 0.6 is 15.9 Å². The van der Waals surface area contributed by atoms with Gasteiger partial charge in [-0.25, -0.2) is 4.39 Å². The van der Waals surface area contributed by atoms with E-state index in [0.29, 0.717) is 5.56 Å². The lowest BCUT2D eigenvalue weighted by Crippen LogP contribution is -2.03. The van der Waals surface area contributed by atoms with Gasteiger partial charge in [0.25, 0.3) is 0 Å². The maximum Gasteiger partial charge on any atom is 0.141 e. The molecule has 0 fully saturated rings. The van der Waals surface area contributed by atoms with Crippen LogP contribution < -0.4 is 0 Å². The van der Waals surface area contributed by atoms with Gasteiger partial charge in [0, 0.05) is 16.2 Å². The molecular weight excluding hydrogens is 285 g/mol. The van der Waals surface area contributed by atoms with Gasteiger partial charge in [-0.2, -0.15) is 0 Å². The molecule has 2 aromatic rings. The number of nitrogens with zero attached hydrogens (tertiary/aromatic N) is 1. The van der Waals surface area contributed by atoms with E-state index in [1.807, 2.05) is 25.1 Å². The number of hydrogen-bond donors (Lipinski definition) is 1. The van der Waals surface area contributed by atoms with Crippen molar-refractivity contribution in [1.82, 2.24) is 4.98 Å². The standard InChI is InChI=1S/C13H11BrFNO/c1-8-11(3-2-4-12(8)14)13(17)9-5-10(15)7-16-6-9/h2-7,13,17H,1H3. The Kier molecular flexibility index (Phi) is 3.54. The van der Waals surface area contributed by atoms with Gasteiger partial charge < -0.3 is 5.11 Å². The normalized spacial score (nSPS) is 12.5. The van der Waals surface area contributed by atoms with Crippen LogP contribution in [0, 0.1) is 12.7 Å². The lowest BCUT2D eigenvalue weighted by atomic mass is 9.99. The summed E-state index contributed by atoms with van der Waals surface area (Å²) < 4.78 is 14.0. The number of aliphatic hydroxyl groups is 1. The summed E-state index contributed by atoms with van der Waals surface area (Å²) in [5.74, 6) is -0.450. The molecule has 1 N–H and O–H groups in total. The Morgan fingerprint density at radius 1 is 1.35 bits per heavy atom. The van der Waals surface area contributed by atoms with Crippen LogP contribution in [0.5, 0.6) is 0 Å². The van der Waals surface area contributed by atoms with E-state index in [2.05, 4.69) is 20.9 Å². The monoisotopic (exact) mass is 295 g/mol. The average molecular weight is 296 g/mol. The number of pyridine rings is 1. The van der Waals surface area contributed by atoms with E-state index in [1.165, 1.54) is 12.3 Å². The maximum absolute atomic E-state index is 13.0. The molecule has 17 heavy (non-hydrogen) atoms. The van der Waals surface area contributed by atoms with Gasteiger partial charge in [-0.3, -0.25) is 4.98 Å². The molecule has 0 saturated heterocycles. The average Bonchev–Trinajstić information content (AvgIpc) is 2.32. The highest BCUT2D eigenvalue weighted by molar-refractivity contribution is 9.10. The van der Waals surface area contributed by atoms with Crippen molar-refractivity contribution in [3.8, 4) is 0 Å². The molecule has 1 heterocycles. The minimum absolute atomic E-state index is 0.450. The first-order valence-corrected chi connectivity index (χ1v) is 5.92. The Labute approximate surface area is 107 Å². The molecule has 1 unspecified atom stereocenters. The SMILES string of the molecule is Cc1c(Br)cccc1C(O)c1cncc(F)c1. The van der Waals surface area contributed by atoms with E-state index in [0.717, 1.165) is 21.8 Å². The van der Waals surface area contributed by atoms with Gasteiger partial charge in [0.1, 0.15) is 11.9 Å². The van der Waals surface area contributed by atoms with Crippen LogP contribution in [0.1, 0.15) is 22.8 Å². The highest BCUT2D eigenvalue weighted by Crippen LogP contribution is 2.28. The molecule has 0 spiro atoms. The Hall–Kier alpha value is -1.26. The zero-order valence-corrected chi connectivity index (χ0v) is 10.8. The van der Waals surface area contributed by atoms with Crippen LogP contribution in [0.15, 0.2) is 41.1 Å². The first-order chi connectivity index (χ1) is 8.09. The number of halogens is 2. The lowest BCUT2D eigenvalue weighted by molar-refractivity contribution is 0.218. The van der Waals surface area contributed by atoms with Crippen LogP contribution in [0.4, 0.5) is 4.39 Å². The van der Waals surface area contributed by atoms with Gasteiger partial charge in [-0.05, 0) is 30.2 Å². The maximum atomic E-state index is 13.0. The Balaban J connectivity index is 2.44. The Morgan fingerprint density at radius 2 is 2.12 bits per heavy atom. The zero-order valence-electron chi connectivity index (χ0n) is 9.19. The molecule has 4 heteroatoms. The topological polar surface area (TPSA) is 33.1 Å². The van der Waals surface area contributed by atoms with Gasteiger partial charge in [0.15, 0.2) is 0 Å². The molecule has 0 amide bonds.